The lowest BCUT2D eigenvalue weighted by atomic mass is 9.99. The van der Waals surface area contributed by atoms with Crippen LogP contribution in [0.2, 0.25) is 0 Å². The fraction of sp³-hybridized carbons (Fsp3) is 0.341. The molecule has 4 aromatic rings. The van der Waals surface area contributed by atoms with Gasteiger partial charge >= 0.3 is 6.09 Å². The van der Waals surface area contributed by atoms with Gasteiger partial charge in [0.15, 0.2) is 6.29 Å². The summed E-state index contributed by atoms with van der Waals surface area (Å²) in [6, 6.07) is 31.7. The van der Waals surface area contributed by atoms with Gasteiger partial charge in [-0.25, -0.2) is 4.79 Å². The molecule has 3 heterocycles. The van der Waals surface area contributed by atoms with E-state index in [1.807, 2.05) is 103 Å². The van der Waals surface area contributed by atoms with Crippen molar-refractivity contribution in [1.82, 2.24) is 15.1 Å². The molecule has 4 aromatic carbocycles. The summed E-state index contributed by atoms with van der Waals surface area (Å²) in [5.41, 5.74) is 6.19. The predicted molar refractivity (Wildman–Crippen MR) is 191 cm³/mol. The van der Waals surface area contributed by atoms with E-state index in [0.717, 1.165) is 51.9 Å². The molecule has 0 radical (unpaired) electrons. The fourth-order valence-corrected chi connectivity index (χ4v) is 7.03. The number of hydrogen-bond acceptors (Lipinski definition) is 9. The van der Waals surface area contributed by atoms with Crippen molar-refractivity contribution in [3.05, 3.63) is 131 Å². The lowest BCUT2D eigenvalue weighted by Gasteiger charge is -2.37. The first kappa shape index (κ1) is 35.5. The molecule has 52 heavy (non-hydrogen) atoms. The number of nitrogens with zero attached hydrogens (tertiary/aromatic N) is 2. The van der Waals surface area contributed by atoms with Gasteiger partial charge in [-0.1, -0.05) is 97.1 Å². The van der Waals surface area contributed by atoms with Crippen LogP contribution in [0.25, 0.3) is 11.1 Å². The molecule has 0 bridgehead atoms. The van der Waals surface area contributed by atoms with Crippen molar-refractivity contribution in [2.75, 3.05) is 19.6 Å². The summed E-state index contributed by atoms with van der Waals surface area (Å²) in [7, 11) is 0. The van der Waals surface area contributed by atoms with E-state index < -0.39 is 24.3 Å². The number of likely N-dealkylation sites (tertiary alicyclic amines) is 2. The third-order valence-electron chi connectivity index (χ3n) is 9.86. The van der Waals surface area contributed by atoms with Gasteiger partial charge < -0.3 is 29.7 Å². The van der Waals surface area contributed by atoms with Gasteiger partial charge in [-0.05, 0) is 45.9 Å². The third-order valence-corrected chi connectivity index (χ3v) is 9.86. The Morgan fingerprint density at radius 2 is 1.60 bits per heavy atom. The molecule has 3 fully saturated rings. The number of benzene rings is 4. The Balaban J connectivity index is 0.996. The smallest absolute Gasteiger partial charge is 0.408 e. The molecule has 5 unspecified atom stereocenters. The molecule has 0 aromatic heterocycles. The molecular weight excluding hydrogens is 662 g/mol. The first-order chi connectivity index (χ1) is 25.3. The molecule has 7 rings (SSSR count). The maximum atomic E-state index is 13.1. The van der Waals surface area contributed by atoms with Crippen molar-refractivity contribution in [2.24, 2.45) is 0 Å². The number of aliphatic hydroxyl groups is 2. The van der Waals surface area contributed by atoms with Crippen LogP contribution in [0.15, 0.2) is 103 Å². The lowest BCUT2D eigenvalue weighted by Crippen LogP contribution is -2.41. The molecule has 3 aliphatic heterocycles. The summed E-state index contributed by atoms with van der Waals surface area (Å²) in [5, 5.41) is 22.1. The zero-order chi connectivity index (χ0) is 36.0. The molecule has 3 amide bonds. The molecule has 3 aliphatic rings. The van der Waals surface area contributed by atoms with E-state index in [2.05, 4.69) is 10.2 Å². The zero-order valence-electron chi connectivity index (χ0n) is 28.8. The summed E-state index contributed by atoms with van der Waals surface area (Å²) in [6.45, 7) is 2.29. The molecule has 11 heteroatoms. The topological polar surface area (TPSA) is 138 Å². The highest BCUT2D eigenvalue weighted by Gasteiger charge is 2.40. The molecule has 11 nitrogen and oxygen atoms in total. The van der Waals surface area contributed by atoms with Gasteiger partial charge in [0.25, 0.3) is 5.91 Å². The Kier molecular flexibility index (Phi) is 11.0. The number of nitrogens with one attached hydrogen (secondary N) is 1. The van der Waals surface area contributed by atoms with E-state index in [-0.39, 0.29) is 50.4 Å². The molecule has 0 spiro atoms. The van der Waals surface area contributed by atoms with Gasteiger partial charge in [0, 0.05) is 31.6 Å². The minimum Gasteiger partial charge on any atom is -0.445 e. The number of rotatable bonds is 11. The Bertz CT molecular complexity index is 1850. The van der Waals surface area contributed by atoms with Crippen LogP contribution >= 0.6 is 0 Å². The van der Waals surface area contributed by atoms with E-state index in [1.54, 1.807) is 0 Å². The number of β-amino-alcohol motifs (C(OH)–C–C–N with tert-alkyl or cyclic N) is 1. The van der Waals surface area contributed by atoms with Crippen LogP contribution < -0.4 is 5.32 Å². The number of carbonyl (C=O) groups is 3. The standard InChI is InChI=1S/C41H43N3O8/c45-25-27-9-11-31(12-10-27)37-20-35(24-43-18-17-34(46)23-43)51-40(52-37)32-15-13-30(14-16-32)33-8-4-7-29(19-33)22-44-38(47)21-36(39(44)48)42-41(49)50-26-28-5-2-1-3-6-28/h1-16,19,34-37,40,45-46H,17-18,20-26H2,(H,42,49). The minimum absolute atomic E-state index is 0.0208. The van der Waals surface area contributed by atoms with Crippen LogP contribution in [0, 0.1) is 0 Å². The second kappa shape index (κ2) is 16.2. The second-order valence-corrected chi connectivity index (χ2v) is 13.7. The minimum atomic E-state index is -0.975. The highest BCUT2D eigenvalue weighted by molar-refractivity contribution is 6.06. The number of alkyl carbamates (subject to hydrolysis) is 1. The van der Waals surface area contributed by atoms with E-state index in [0.29, 0.717) is 19.5 Å². The van der Waals surface area contributed by atoms with Crippen molar-refractivity contribution in [3.63, 3.8) is 0 Å². The average Bonchev–Trinajstić information content (AvgIpc) is 3.70. The van der Waals surface area contributed by atoms with Crippen LogP contribution in [0.1, 0.15) is 59.5 Å². The van der Waals surface area contributed by atoms with Gasteiger partial charge in [-0.15, -0.1) is 0 Å². The third kappa shape index (κ3) is 8.58. The van der Waals surface area contributed by atoms with Crippen molar-refractivity contribution in [1.29, 1.82) is 0 Å². The summed E-state index contributed by atoms with van der Waals surface area (Å²) in [4.78, 5) is 41.8. The highest BCUT2D eigenvalue weighted by atomic mass is 16.7. The molecule has 270 valence electrons. The Morgan fingerprint density at radius 1 is 0.846 bits per heavy atom. The Hall–Kier alpha value is -4.91. The van der Waals surface area contributed by atoms with Crippen LogP contribution in [-0.4, -0.2) is 75.8 Å². The van der Waals surface area contributed by atoms with Crippen molar-refractivity contribution < 1.29 is 38.8 Å². The quantitative estimate of drug-likeness (QED) is 0.184. The highest BCUT2D eigenvalue weighted by Crippen LogP contribution is 2.39. The largest absolute Gasteiger partial charge is 0.445 e. The van der Waals surface area contributed by atoms with E-state index in [4.69, 9.17) is 14.2 Å². The van der Waals surface area contributed by atoms with Crippen LogP contribution in [-0.2, 0) is 43.6 Å². The van der Waals surface area contributed by atoms with Gasteiger partial charge in [0.1, 0.15) is 12.6 Å². The number of imide groups is 1. The van der Waals surface area contributed by atoms with E-state index >= 15 is 0 Å². The number of amides is 3. The molecule has 3 N–H and O–H groups in total. The number of hydrogen-bond donors (Lipinski definition) is 3. The maximum absolute atomic E-state index is 13.1. The monoisotopic (exact) mass is 705 g/mol. The van der Waals surface area contributed by atoms with Gasteiger partial charge in [0.2, 0.25) is 5.91 Å². The van der Waals surface area contributed by atoms with Crippen LogP contribution in [0.4, 0.5) is 4.79 Å². The Labute approximate surface area is 302 Å². The number of carbonyl (C=O) groups excluding carboxylic acids is 3. The summed E-state index contributed by atoms with van der Waals surface area (Å²) in [5.74, 6) is -0.826. The summed E-state index contributed by atoms with van der Waals surface area (Å²) >= 11 is 0. The first-order valence-electron chi connectivity index (χ1n) is 17.7. The van der Waals surface area contributed by atoms with Crippen molar-refractivity contribution in [3.8, 4) is 11.1 Å². The van der Waals surface area contributed by atoms with Gasteiger partial charge in [0.05, 0.1) is 37.9 Å². The van der Waals surface area contributed by atoms with Crippen molar-refractivity contribution >= 4 is 17.9 Å². The predicted octanol–water partition coefficient (Wildman–Crippen LogP) is 5.01. The van der Waals surface area contributed by atoms with Crippen LogP contribution in [0.5, 0.6) is 0 Å². The van der Waals surface area contributed by atoms with Crippen LogP contribution in [0.3, 0.4) is 0 Å². The summed E-state index contributed by atoms with van der Waals surface area (Å²) < 4.78 is 18.3. The van der Waals surface area contributed by atoms with Gasteiger partial charge in [-0.2, -0.15) is 0 Å². The number of aliphatic hydroxyl groups excluding tert-OH is 2. The summed E-state index contributed by atoms with van der Waals surface area (Å²) in [6.07, 6.45) is -0.658. The van der Waals surface area contributed by atoms with Crippen molar-refractivity contribution in [2.45, 2.75) is 69.7 Å². The molecule has 3 saturated heterocycles. The Morgan fingerprint density at radius 3 is 2.33 bits per heavy atom. The van der Waals surface area contributed by atoms with E-state index in [9.17, 15) is 24.6 Å². The normalized spacial score (nSPS) is 23.6. The fourth-order valence-electron chi connectivity index (χ4n) is 7.03. The lowest BCUT2D eigenvalue weighted by molar-refractivity contribution is -0.252. The second-order valence-electron chi connectivity index (χ2n) is 13.7. The average molecular weight is 706 g/mol. The number of ether oxygens (including phenoxy) is 3. The van der Waals surface area contributed by atoms with E-state index in [1.165, 1.54) is 4.90 Å². The molecule has 0 aliphatic carbocycles. The zero-order valence-corrected chi connectivity index (χ0v) is 28.8. The van der Waals surface area contributed by atoms with Gasteiger partial charge in [-0.3, -0.25) is 19.4 Å². The molecule has 0 saturated carbocycles. The SMILES string of the molecule is O=C(NC1CC(=O)N(Cc2cccc(-c3ccc(C4OC(CN5CCC(O)C5)CC(c5ccc(CO)cc5)O4)cc3)c2)C1=O)OCc1ccccc1. The maximum Gasteiger partial charge on any atom is 0.408 e. The molecular formula is C41H43N3O8. The molecule has 5 atom stereocenters. The first-order valence-corrected chi connectivity index (χ1v) is 17.7.